The maximum absolute atomic E-state index is 12.1. The van der Waals surface area contributed by atoms with Crippen LogP contribution in [0.25, 0.3) is 10.6 Å². The molecule has 0 aliphatic heterocycles. The highest BCUT2D eigenvalue weighted by Gasteiger charge is 2.10. The van der Waals surface area contributed by atoms with E-state index in [0.717, 1.165) is 16.1 Å². The Labute approximate surface area is 150 Å². The third-order valence-corrected chi connectivity index (χ3v) is 4.43. The van der Waals surface area contributed by atoms with Gasteiger partial charge >= 0.3 is 0 Å². The van der Waals surface area contributed by atoms with Gasteiger partial charge in [0, 0.05) is 12.7 Å². The summed E-state index contributed by atoms with van der Waals surface area (Å²) in [6.45, 7) is 0.324. The molecule has 6 heteroatoms. The number of para-hydroxylation sites is 2. The normalized spacial score (nSPS) is 10.3. The smallest absolute Gasteiger partial charge is 0.258 e. The zero-order valence-corrected chi connectivity index (χ0v) is 14.6. The van der Waals surface area contributed by atoms with E-state index >= 15 is 0 Å². The SMILES string of the molecule is COc1ccccc1OCC(=O)NCc1cccnc1-c1cccs1. The monoisotopic (exact) mass is 354 g/mol. The number of pyridine rings is 1. The highest BCUT2D eigenvalue weighted by Crippen LogP contribution is 2.26. The van der Waals surface area contributed by atoms with Gasteiger partial charge in [-0.3, -0.25) is 9.78 Å². The van der Waals surface area contributed by atoms with Crippen LogP contribution < -0.4 is 14.8 Å². The number of aromatic nitrogens is 1. The van der Waals surface area contributed by atoms with Crippen LogP contribution in [0.1, 0.15) is 5.56 Å². The molecule has 0 atom stereocenters. The lowest BCUT2D eigenvalue weighted by Gasteiger charge is -2.11. The molecule has 0 saturated heterocycles. The number of methoxy groups -OCH3 is 1. The van der Waals surface area contributed by atoms with Crippen molar-refractivity contribution in [3.63, 3.8) is 0 Å². The van der Waals surface area contributed by atoms with E-state index in [0.29, 0.717) is 18.0 Å². The molecule has 0 aliphatic carbocycles. The van der Waals surface area contributed by atoms with Crippen molar-refractivity contribution in [2.75, 3.05) is 13.7 Å². The number of amides is 1. The summed E-state index contributed by atoms with van der Waals surface area (Å²) in [7, 11) is 1.57. The number of hydrogen-bond donors (Lipinski definition) is 1. The van der Waals surface area contributed by atoms with E-state index in [4.69, 9.17) is 9.47 Å². The number of carbonyl (C=O) groups is 1. The van der Waals surface area contributed by atoms with Crippen LogP contribution in [-0.2, 0) is 11.3 Å². The number of nitrogens with zero attached hydrogens (tertiary/aromatic N) is 1. The van der Waals surface area contributed by atoms with Gasteiger partial charge in [-0.1, -0.05) is 24.3 Å². The van der Waals surface area contributed by atoms with E-state index in [1.54, 1.807) is 36.8 Å². The first-order chi connectivity index (χ1) is 12.3. The molecule has 128 valence electrons. The van der Waals surface area contributed by atoms with Crippen LogP contribution in [0, 0.1) is 0 Å². The molecule has 2 heterocycles. The van der Waals surface area contributed by atoms with Gasteiger partial charge in [0.15, 0.2) is 18.1 Å². The highest BCUT2D eigenvalue weighted by molar-refractivity contribution is 7.13. The molecule has 5 nitrogen and oxygen atoms in total. The van der Waals surface area contributed by atoms with Crippen molar-refractivity contribution >= 4 is 17.2 Å². The van der Waals surface area contributed by atoms with Gasteiger partial charge in [-0.25, -0.2) is 0 Å². The van der Waals surface area contributed by atoms with Crippen LogP contribution in [-0.4, -0.2) is 24.6 Å². The molecule has 2 aromatic heterocycles. The second-order valence-electron chi connectivity index (χ2n) is 5.20. The number of nitrogens with one attached hydrogen (secondary N) is 1. The molecule has 0 unspecified atom stereocenters. The first-order valence-corrected chi connectivity index (χ1v) is 8.66. The Morgan fingerprint density at radius 2 is 1.96 bits per heavy atom. The van der Waals surface area contributed by atoms with Gasteiger partial charge in [-0.2, -0.15) is 0 Å². The van der Waals surface area contributed by atoms with Crippen molar-refractivity contribution in [3.05, 3.63) is 65.7 Å². The second-order valence-corrected chi connectivity index (χ2v) is 6.15. The van der Waals surface area contributed by atoms with E-state index in [1.165, 1.54) is 0 Å². The fourth-order valence-electron chi connectivity index (χ4n) is 2.34. The molecule has 0 saturated carbocycles. The summed E-state index contributed by atoms with van der Waals surface area (Å²) in [5, 5.41) is 4.88. The third kappa shape index (κ3) is 4.36. The van der Waals surface area contributed by atoms with Crippen LogP contribution in [0.2, 0.25) is 0 Å². The molecule has 0 aliphatic rings. The Morgan fingerprint density at radius 3 is 2.72 bits per heavy atom. The second kappa shape index (κ2) is 8.30. The van der Waals surface area contributed by atoms with E-state index in [-0.39, 0.29) is 12.5 Å². The quantitative estimate of drug-likeness (QED) is 0.705. The molecule has 0 fully saturated rings. The molecule has 0 spiro atoms. The molecule has 1 aromatic carbocycles. The zero-order chi connectivity index (χ0) is 17.5. The van der Waals surface area contributed by atoms with Crippen molar-refractivity contribution in [3.8, 4) is 22.1 Å². The summed E-state index contributed by atoms with van der Waals surface area (Å²) in [6.07, 6.45) is 1.76. The fraction of sp³-hybridized carbons (Fsp3) is 0.158. The van der Waals surface area contributed by atoms with Crippen molar-refractivity contribution in [1.29, 1.82) is 0 Å². The standard InChI is InChI=1S/C19H18N2O3S/c1-23-15-7-2-3-8-16(15)24-13-18(22)21-12-14-6-4-10-20-19(14)17-9-5-11-25-17/h2-11H,12-13H2,1H3,(H,21,22). The van der Waals surface area contributed by atoms with Crippen LogP contribution in [0.4, 0.5) is 0 Å². The molecule has 1 N–H and O–H groups in total. The largest absolute Gasteiger partial charge is 0.493 e. The zero-order valence-electron chi connectivity index (χ0n) is 13.8. The number of hydrogen-bond acceptors (Lipinski definition) is 5. The summed E-state index contributed by atoms with van der Waals surface area (Å²) in [5.74, 6) is 0.940. The lowest BCUT2D eigenvalue weighted by atomic mass is 10.1. The van der Waals surface area contributed by atoms with E-state index in [1.807, 2.05) is 41.8 Å². The molecule has 0 bridgehead atoms. The lowest BCUT2D eigenvalue weighted by Crippen LogP contribution is -2.28. The van der Waals surface area contributed by atoms with E-state index < -0.39 is 0 Å². The van der Waals surface area contributed by atoms with Gasteiger partial charge in [0.2, 0.25) is 0 Å². The van der Waals surface area contributed by atoms with Crippen molar-refractivity contribution < 1.29 is 14.3 Å². The van der Waals surface area contributed by atoms with Gasteiger partial charge in [-0.15, -0.1) is 11.3 Å². The maximum Gasteiger partial charge on any atom is 0.258 e. The summed E-state index contributed by atoms with van der Waals surface area (Å²) in [5.41, 5.74) is 1.86. The minimum Gasteiger partial charge on any atom is -0.493 e. The summed E-state index contributed by atoms with van der Waals surface area (Å²) in [4.78, 5) is 17.6. The minimum atomic E-state index is -0.202. The van der Waals surface area contributed by atoms with E-state index in [9.17, 15) is 4.79 Å². The number of ether oxygens (including phenoxy) is 2. The maximum atomic E-state index is 12.1. The third-order valence-electron chi connectivity index (χ3n) is 3.55. The average Bonchev–Trinajstić information content (AvgIpc) is 3.19. The van der Waals surface area contributed by atoms with E-state index in [2.05, 4.69) is 10.3 Å². The molecule has 3 aromatic rings. The Kier molecular flexibility index (Phi) is 5.64. The first kappa shape index (κ1) is 17.0. The van der Waals surface area contributed by atoms with Gasteiger partial charge in [0.25, 0.3) is 5.91 Å². The van der Waals surface area contributed by atoms with Crippen LogP contribution in [0.15, 0.2) is 60.1 Å². The number of thiophene rings is 1. The Bertz CT molecular complexity index is 834. The molecular formula is C19H18N2O3S. The Hall–Kier alpha value is -2.86. The minimum absolute atomic E-state index is 0.0744. The van der Waals surface area contributed by atoms with Gasteiger partial charge in [-0.05, 0) is 35.2 Å². The van der Waals surface area contributed by atoms with Gasteiger partial charge in [0.1, 0.15) is 0 Å². The lowest BCUT2D eigenvalue weighted by molar-refractivity contribution is -0.123. The molecule has 25 heavy (non-hydrogen) atoms. The number of carbonyl (C=O) groups excluding carboxylic acids is 1. The Morgan fingerprint density at radius 1 is 1.12 bits per heavy atom. The molecule has 3 rings (SSSR count). The van der Waals surface area contributed by atoms with Crippen LogP contribution in [0.5, 0.6) is 11.5 Å². The molecule has 0 radical (unpaired) electrons. The predicted octanol–water partition coefficient (Wildman–Crippen LogP) is 3.51. The first-order valence-electron chi connectivity index (χ1n) is 7.78. The Balaban J connectivity index is 1.58. The topological polar surface area (TPSA) is 60.5 Å². The summed E-state index contributed by atoms with van der Waals surface area (Å²) in [6, 6.07) is 15.1. The molecular weight excluding hydrogens is 336 g/mol. The number of benzene rings is 1. The number of rotatable bonds is 7. The predicted molar refractivity (Wildman–Crippen MR) is 97.9 cm³/mol. The van der Waals surface area contributed by atoms with Crippen LogP contribution >= 0.6 is 11.3 Å². The fourth-order valence-corrected chi connectivity index (χ4v) is 3.10. The van der Waals surface area contributed by atoms with Crippen LogP contribution in [0.3, 0.4) is 0 Å². The average molecular weight is 354 g/mol. The van der Waals surface area contributed by atoms with Gasteiger partial charge < -0.3 is 14.8 Å². The van der Waals surface area contributed by atoms with Gasteiger partial charge in [0.05, 0.1) is 17.7 Å². The van der Waals surface area contributed by atoms with Crippen molar-refractivity contribution in [2.24, 2.45) is 0 Å². The summed E-state index contributed by atoms with van der Waals surface area (Å²) < 4.78 is 10.7. The summed E-state index contributed by atoms with van der Waals surface area (Å²) >= 11 is 1.62. The molecule has 1 amide bonds. The highest BCUT2D eigenvalue weighted by atomic mass is 32.1. The van der Waals surface area contributed by atoms with Crippen molar-refractivity contribution in [2.45, 2.75) is 6.54 Å². The van der Waals surface area contributed by atoms with Crippen molar-refractivity contribution in [1.82, 2.24) is 10.3 Å².